The van der Waals surface area contributed by atoms with Crippen molar-refractivity contribution in [2.24, 2.45) is 5.73 Å². The van der Waals surface area contributed by atoms with Gasteiger partial charge >= 0.3 is 0 Å². The fourth-order valence-corrected chi connectivity index (χ4v) is 2.26. The molecule has 0 unspecified atom stereocenters. The summed E-state index contributed by atoms with van der Waals surface area (Å²) in [5.41, 5.74) is 9.25. The molecular formula is C21H33NO. The van der Waals surface area contributed by atoms with E-state index >= 15 is 0 Å². The smallest absolute Gasteiger partial charge is 0.133 e. The van der Waals surface area contributed by atoms with Crippen LogP contribution in [-0.4, -0.2) is 6.54 Å². The molecule has 128 valence electrons. The molecule has 0 saturated carbocycles. The predicted octanol–water partition coefficient (Wildman–Crippen LogP) is 6.04. The number of para-hydroxylation sites is 1. The summed E-state index contributed by atoms with van der Waals surface area (Å²) in [6.07, 6.45) is 2.06. The van der Waals surface area contributed by atoms with Crippen LogP contribution in [0.15, 0.2) is 42.5 Å². The van der Waals surface area contributed by atoms with Gasteiger partial charge in [-0.1, -0.05) is 58.0 Å². The third kappa shape index (κ3) is 7.34. The first-order valence-corrected chi connectivity index (χ1v) is 8.74. The lowest BCUT2D eigenvalue weighted by Gasteiger charge is -2.13. The molecule has 0 heterocycles. The lowest BCUT2D eigenvalue weighted by molar-refractivity contribution is 0.475. The van der Waals surface area contributed by atoms with Crippen LogP contribution in [-0.2, 0) is 6.42 Å². The van der Waals surface area contributed by atoms with Crippen molar-refractivity contribution in [3.05, 3.63) is 59.2 Å². The van der Waals surface area contributed by atoms with Gasteiger partial charge in [-0.05, 0) is 62.1 Å². The van der Waals surface area contributed by atoms with E-state index < -0.39 is 0 Å². The van der Waals surface area contributed by atoms with E-state index in [1.807, 2.05) is 58.0 Å². The maximum Gasteiger partial charge on any atom is 0.133 e. The van der Waals surface area contributed by atoms with Gasteiger partial charge in [-0.2, -0.15) is 0 Å². The van der Waals surface area contributed by atoms with Crippen molar-refractivity contribution in [1.82, 2.24) is 0 Å². The van der Waals surface area contributed by atoms with Crippen molar-refractivity contribution in [2.75, 3.05) is 6.54 Å². The first-order chi connectivity index (χ1) is 11.2. The van der Waals surface area contributed by atoms with E-state index in [4.69, 9.17) is 10.5 Å². The summed E-state index contributed by atoms with van der Waals surface area (Å²) in [6, 6.07) is 14.3. The maximum atomic E-state index is 5.97. The molecule has 0 aliphatic heterocycles. The number of benzene rings is 2. The summed E-state index contributed by atoms with van der Waals surface area (Å²) in [6.45, 7) is 12.9. The first kappa shape index (κ1) is 21.2. The summed E-state index contributed by atoms with van der Waals surface area (Å²) in [5.74, 6) is 1.84. The SMILES string of the molecule is CC.CC.Cc1cc(CCCN)cc(C)c1Oc1ccccc1. The van der Waals surface area contributed by atoms with Gasteiger partial charge in [-0.3, -0.25) is 0 Å². The minimum Gasteiger partial charge on any atom is -0.457 e. The molecular weight excluding hydrogens is 282 g/mol. The third-order valence-corrected chi connectivity index (χ3v) is 3.15. The molecule has 23 heavy (non-hydrogen) atoms. The number of hydrogen-bond acceptors (Lipinski definition) is 2. The van der Waals surface area contributed by atoms with Crippen molar-refractivity contribution in [2.45, 2.75) is 54.4 Å². The fraction of sp³-hybridized carbons (Fsp3) is 0.429. The summed E-state index contributed by atoms with van der Waals surface area (Å²) in [5, 5.41) is 0. The van der Waals surface area contributed by atoms with Crippen LogP contribution >= 0.6 is 0 Å². The highest BCUT2D eigenvalue weighted by Gasteiger charge is 2.07. The molecule has 0 atom stereocenters. The normalized spacial score (nSPS) is 9.17. The zero-order valence-electron chi connectivity index (χ0n) is 15.6. The molecule has 0 radical (unpaired) electrons. The molecule has 0 aliphatic carbocycles. The Kier molecular flexibility index (Phi) is 11.7. The minimum absolute atomic E-state index is 0.736. The average Bonchev–Trinajstić information content (AvgIpc) is 2.61. The van der Waals surface area contributed by atoms with Gasteiger partial charge in [0.25, 0.3) is 0 Å². The average molecular weight is 316 g/mol. The Bertz CT molecular complexity index is 512. The van der Waals surface area contributed by atoms with Crippen LogP contribution in [0.3, 0.4) is 0 Å². The molecule has 0 aliphatic rings. The second kappa shape index (κ2) is 12.7. The Labute approximate surface area is 142 Å². The molecule has 0 bridgehead atoms. The van der Waals surface area contributed by atoms with Crippen molar-refractivity contribution in [3.63, 3.8) is 0 Å². The summed E-state index contributed by atoms with van der Waals surface area (Å²) >= 11 is 0. The van der Waals surface area contributed by atoms with Gasteiger partial charge in [-0.15, -0.1) is 0 Å². The highest BCUT2D eigenvalue weighted by atomic mass is 16.5. The summed E-state index contributed by atoms with van der Waals surface area (Å²) in [7, 11) is 0. The van der Waals surface area contributed by atoms with Crippen LogP contribution in [0.1, 0.15) is 50.8 Å². The number of hydrogen-bond donors (Lipinski definition) is 1. The van der Waals surface area contributed by atoms with Gasteiger partial charge in [0.2, 0.25) is 0 Å². The van der Waals surface area contributed by atoms with Crippen LogP contribution < -0.4 is 10.5 Å². The van der Waals surface area contributed by atoms with Crippen LogP contribution in [0, 0.1) is 13.8 Å². The lowest BCUT2D eigenvalue weighted by atomic mass is 10.0. The second-order valence-corrected chi connectivity index (χ2v) is 4.87. The number of aryl methyl sites for hydroxylation is 3. The number of nitrogens with two attached hydrogens (primary N) is 1. The van der Waals surface area contributed by atoms with Gasteiger partial charge in [0.15, 0.2) is 0 Å². The van der Waals surface area contributed by atoms with E-state index in [1.54, 1.807) is 0 Å². The highest BCUT2D eigenvalue weighted by Crippen LogP contribution is 2.30. The second-order valence-electron chi connectivity index (χ2n) is 4.87. The minimum atomic E-state index is 0.736. The van der Waals surface area contributed by atoms with Gasteiger partial charge < -0.3 is 10.5 Å². The quantitative estimate of drug-likeness (QED) is 0.730. The van der Waals surface area contributed by atoms with Crippen molar-refractivity contribution < 1.29 is 4.74 Å². The Morgan fingerprint density at radius 1 is 0.870 bits per heavy atom. The van der Waals surface area contributed by atoms with Crippen LogP contribution in [0.2, 0.25) is 0 Å². The Morgan fingerprint density at radius 2 is 1.39 bits per heavy atom. The molecule has 2 nitrogen and oxygen atoms in total. The topological polar surface area (TPSA) is 35.2 Å². The molecule has 0 saturated heterocycles. The first-order valence-electron chi connectivity index (χ1n) is 8.74. The van der Waals surface area contributed by atoms with Crippen LogP contribution in [0.5, 0.6) is 11.5 Å². The third-order valence-electron chi connectivity index (χ3n) is 3.15. The summed E-state index contributed by atoms with van der Waals surface area (Å²) < 4.78 is 5.97. The number of ether oxygens (including phenoxy) is 1. The molecule has 0 aromatic heterocycles. The lowest BCUT2D eigenvalue weighted by Crippen LogP contribution is -2.01. The molecule has 2 rings (SSSR count). The molecule has 2 aromatic carbocycles. The maximum absolute atomic E-state index is 5.97. The van der Waals surface area contributed by atoms with E-state index in [-0.39, 0.29) is 0 Å². The van der Waals surface area contributed by atoms with Crippen molar-refractivity contribution >= 4 is 0 Å². The molecule has 0 fully saturated rings. The summed E-state index contributed by atoms with van der Waals surface area (Å²) in [4.78, 5) is 0. The molecule has 2 aromatic rings. The van der Waals surface area contributed by atoms with E-state index in [1.165, 1.54) is 16.7 Å². The van der Waals surface area contributed by atoms with E-state index in [0.29, 0.717) is 0 Å². The van der Waals surface area contributed by atoms with E-state index in [0.717, 1.165) is 30.9 Å². The van der Waals surface area contributed by atoms with Gasteiger partial charge in [0.1, 0.15) is 11.5 Å². The zero-order valence-corrected chi connectivity index (χ0v) is 15.6. The van der Waals surface area contributed by atoms with Crippen molar-refractivity contribution in [3.8, 4) is 11.5 Å². The highest BCUT2D eigenvalue weighted by molar-refractivity contribution is 5.45. The Balaban J connectivity index is 0.00000112. The van der Waals surface area contributed by atoms with Crippen LogP contribution in [0.25, 0.3) is 0 Å². The molecule has 0 spiro atoms. The molecule has 2 N–H and O–H groups in total. The Hall–Kier alpha value is -1.80. The Morgan fingerprint density at radius 3 is 1.87 bits per heavy atom. The fourth-order valence-electron chi connectivity index (χ4n) is 2.26. The monoisotopic (exact) mass is 315 g/mol. The van der Waals surface area contributed by atoms with Gasteiger partial charge in [0, 0.05) is 0 Å². The van der Waals surface area contributed by atoms with Gasteiger partial charge in [0.05, 0.1) is 0 Å². The van der Waals surface area contributed by atoms with Crippen molar-refractivity contribution in [1.29, 1.82) is 0 Å². The van der Waals surface area contributed by atoms with E-state index in [2.05, 4.69) is 26.0 Å². The largest absolute Gasteiger partial charge is 0.457 e. The molecule has 0 amide bonds. The number of rotatable bonds is 5. The van der Waals surface area contributed by atoms with Crippen LogP contribution in [0.4, 0.5) is 0 Å². The predicted molar refractivity (Wildman–Crippen MR) is 103 cm³/mol. The van der Waals surface area contributed by atoms with E-state index in [9.17, 15) is 0 Å². The standard InChI is InChI=1S/C17H21NO.2C2H6/c1-13-11-15(7-6-10-18)12-14(2)17(13)19-16-8-4-3-5-9-16;2*1-2/h3-5,8-9,11-12H,6-7,10,18H2,1-2H3;2*1-2H3. The van der Waals surface area contributed by atoms with Gasteiger partial charge in [-0.25, -0.2) is 0 Å². The zero-order chi connectivity index (χ0) is 17.7. The molecule has 2 heteroatoms.